The molecule has 6 fully saturated rings. The van der Waals surface area contributed by atoms with E-state index in [1.807, 2.05) is 6.07 Å². The van der Waals surface area contributed by atoms with Crippen LogP contribution < -0.4 is 0 Å². The number of aromatic amines is 4. The predicted octanol–water partition coefficient (Wildman–Crippen LogP) is 18.8. The Labute approximate surface area is 765 Å². The molecule has 4 N–H and O–H groups in total. The number of alkyl halides is 12. The number of benzene rings is 5. The van der Waals surface area contributed by atoms with E-state index in [0.717, 1.165) is 97.9 Å². The number of piperidine rings is 4. The molecular formula is C93H95F20N17O6. The number of likely N-dealkylation sites (tertiary alicyclic amines) is 5. The number of hydrogen-bond donors (Lipinski definition) is 4. The summed E-state index contributed by atoms with van der Waals surface area (Å²) < 4.78 is 271. The summed E-state index contributed by atoms with van der Waals surface area (Å²) in [4.78, 5) is 93.8. The Morgan fingerprint density at radius 1 is 0.316 bits per heavy atom. The highest BCUT2D eigenvalue weighted by Gasteiger charge is 2.48. The maximum Gasteiger partial charge on any atom is 0.419 e. The summed E-state index contributed by atoms with van der Waals surface area (Å²) in [7, 11) is 0. The minimum atomic E-state index is -5.03. The Morgan fingerprint density at radius 3 is 0.934 bits per heavy atom. The number of halogens is 20. The molecule has 9 aromatic rings. The van der Waals surface area contributed by atoms with Crippen molar-refractivity contribution in [2.24, 2.45) is 5.41 Å². The van der Waals surface area contributed by atoms with Crippen LogP contribution in [0.3, 0.4) is 0 Å². The van der Waals surface area contributed by atoms with Gasteiger partial charge in [0.1, 0.15) is 0 Å². The smallest absolute Gasteiger partial charge is 0.337 e. The van der Waals surface area contributed by atoms with Gasteiger partial charge in [-0.15, -0.1) is 0 Å². The third kappa shape index (κ3) is 20.1. The van der Waals surface area contributed by atoms with E-state index >= 15 is 0 Å². The maximum absolute atomic E-state index is 14.0. The zero-order valence-electron chi connectivity index (χ0n) is 73.8. The van der Waals surface area contributed by atoms with E-state index < -0.39 is 117 Å². The number of urea groups is 1. The van der Waals surface area contributed by atoms with Gasteiger partial charge in [-0.25, -0.2) is 39.9 Å². The summed E-state index contributed by atoms with van der Waals surface area (Å²) in [6.45, 7) is 14.0. The quantitative estimate of drug-likeness (QED) is 0.0883. The zero-order valence-corrected chi connectivity index (χ0v) is 73.8. The van der Waals surface area contributed by atoms with Crippen molar-refractivity contribution in [1.82, 2.24) is 84.9 Å². The van der Waals surface area contributed by atoms with Crippen LogP contribution in [0.15, 0.2) is 78.9 Å². The molecule has 10 aliphatic rings. The number of rotatable bonds is 11. The summed E-state index contributed by atoms with van der Waals surface area (Å²) in [6.07, 6.45) is -13.0. The first-order chi connectivity index (χ1) is 64.4. The first-order valence-electron chi connectivity index (χ1n) is 44.8. The number of fused-ring (bicyclic) bond motifs is 4. The van der Waals surface area contributed by atoms with Crippen LogP contribution in [0.5, 0.6) is 0 Å². The molecule has 7 amide bonds. The topological polar surface area (TPSA) is 246 Å². The van der Waals surface area contributed by atoms with Crippen LogP contribution in [0.1, 0.15) is 270 Å². The predicted molar refractivity (Wildman–Crippen MR) is 447 cm³/mol. The van der Waals surface area contributed by atoms with Crippen molar-refractivity contribution in [2.75, 3.05) is 72.0 Å². The van der Waals surface area contributed by atoms with Crippen LogP contribution >= 0.6 is 0 Å². The highest BCUT2D eigenvalue weighted by atomic mass is 19.4. The summed E-state index contributed by atoms with van der Waals surface area (Å²) >= 11 is 0. The highest BCUT2D eigenvalue weighted by molar-refractivity contribution is 5.98. The molecule has 0 spiro atoms. The Kier molecular flexibility index (Phi) is 27.6. The lowest BCUT2D eigenvalue weighted by Gasteiger charge is -2.34. The Morgan fingerprint density at radius 2 is 0.618 bits per heavy atom. The minimum Gasteiger partial charge on any atom is -0.337 e. The van der Waals surface area contributed by atoms with Crippen molar-refractivity contribution >= 4 is 35.6 Å². The number of H-pyrrole nitrogens is 4. The molecule has 13 heterocycles. The summed E-state index contributed by atoms with van der Waals surface area (Å²) in [6, 6.07) is 16.1. The Hall–Kier alpha value is -11.9. The van der Waals surface area contributed by atoms with Gasteiger partial charge in [0.2, 0.25) is 0 Å². The van der Waals surface area contributed by atoms with E-state index in [1.54, 1.807) is 48.8 Å². The van der Waals surface area contributed by atoms with E-state index in [2.05, 4.69) is 71.4 Å². The lowest BCUT2D eigenvalue weighted by molar-refractivity contribution is -0.142. The molecule has 136 heavy (non-hydrogen) atoms. The summed E-state index contributed by atoms with van der Waals surface area (Å²) in [5.41, 5.74) is 0.683. The molecule has 23 nitrogen and oxygen atoms in total. The van der Waals surface area contributed by atoms with Gasteiger partial charge in [-0.2, -0.15) is 73.1 Å². The van der Waals surface area contributed by atoms with Crippen molar-refractivity contribution in [3.63, 3.8) is 0 Å². The third-order valence-electron chi connectivity index (χ3n) is 27.3. The standard InChI is InChI=1S/C25H21F5N4O2.C23H24F5N5O2.C23H27F5N4O.C22H23F5N4O/c26-18-7-6-16(20(21(18)27)25(28,29)30)14-8-10-33(11-9-14)24(36)22-17-12-34(13-19(17)31-32-22)23(35)15-4-2-1-3-5-15;24-16-4-3-14(18(19(16)25)23(26,27)28)13-5-9-31(10-6-13)21(34)20-15-11-33(12-17(15)29-30-20)22(35)32-7-1-2-8-32;1-22(2,3)12-31-10-15-17(11-31)29-30-20(15)21(33)32-8-6-13(7-9-32)14-4-5-16(24)19(25)18(14)23(26,27)28;23-16-5-4-14(18(19(16)24)22(25,26)27)12-6-8-30(9-7-12)21(32)20-15-10-31(13-2-1-3-13)11-17(15)28-29-20/h1-7,14H,8-13H2,(H,31,32);3-4,13H,1-2,5-12H2,(H,29,30);4-5,13H,6-12H2,1-3H3,(H,29,30);4-5,12-13H,1-3,6-11H2,(H,28,29). The fraction of sp³-hybridized carbons (Fsp3) is 0.484. The molecule has 0 unspecified atom stereocenters. The Bertz CT molecular complexity index is 5980. The van der Waals surface area contributed by atoms with Gasteiger partial charge in [0.05, 0.1) is 71.2 Å². The maximum atomic E-state index is 14.0. The largest absolute Gasteiger partial charge is 0.419 e. The number of nitrogens with one attached hydrogen (secondary N) is 4. The van der Waals surface area contributed by atoms with Crippen LogP contribution in [0, 0.1) is 52.0 Å². The van der Waals surface area contributed by atoms with Gasteiger partial charge in [0, 0.05) is 132 Å². The van der Waals surface area contributed by atoms with Crippen LogP contribution in [-0.4, -0.2) is 198 Å². The fourth-order valence-corrected chi connectivity index (χ4v) is 20.2. The average molecular weight is 1930 g/mol. The number of aromatic nitrogens is 8. The molecule has 1 saturated carbocycles. The average Bonchev–Trinajstić information content (AvgIpc) is 1.30. The van der Waals surface area contributed by atoms with Crippen LogP contribution in [0.4, 0.5) is 92.6 Å². The molecule has 9 aliphatic heterocycles. The van der Waals surface area contributed by atoms with Gasteiger partial charge in [0.25, 0.3) is 29.5 Å². The number of amides is 7. The normalized spacial score (nSPS) is 18.4. The lowest BCUT2D eigenvalue weighted by Crippen LogP contribution is -2.40. The SMILES string of the molecule is CC(C)(C)CN1Cc2[nH]nc(C(=O)N3CCC(c4ccc(F)c(F)c4C(F)(F)F)CC3)c2C1.O=C(c1ccccc1)N1Cc2[nH]nc(C(=O)N3CCC(c4ccc(F)c(F)c4C(F)(F)F)CC3)c2C1.O=C(c1n[nH]c2c1CN(C(=O)N1CCCC1)C2)N1CCC(c2ccc(F)c(F)c2C(F)(F)F)CC1.O=C(c1n[nH]c2c1CN(C1CCC1)C2)N1CCC(c2ccc(F)c(F)c2C(F)(F)F)CC1. The Balaban J connectivity index is 0.000000132. The van der Waals surface area contributed by atoms with Crippen molar-refractivity contribution in [1.29, 1.82) is 0 Å². The highest BCUT2D eigenvalue weighted by Crippen LogP contribution is 2.48. The number of carbonyl (C=O) groups is 6. The van der Waals surface area contributed by atoms with E-state index in [4.69, 9.17) is 0 Å². The van der Waals surface area contributed by atoms with Crippen LogP contribution in [-0.2, 0) is 77.1 Å². The van der Waals surface area contributed by atoms with E-state index in [9.17, 15) is 117 Å². The lowest BCUT2D eigenvalue weighted by atomic mass is 9.86. The summed E-state index contributed by atoms with van der Waals surface area (Å²) in [5, 5.41) is 28.3. The van der Waals surface area contributed by atoms with E-state index in [0.29, 0.717) is 83.8 Å². The molecule has 19 rings (SSSR count). The van der Waals surface area contributed by atoms with Crippen LogP contribution in [0.2, 0.25) is 0 Å². The van der Waals surface area contributed by atoms with Crippen molar-refractivity contribution in [3.05, 3.63) is 243 Å². The second kappa shape index (κ2) is 38.6. The number of nitrogens with zero attached hydrogens (tertiary/aromatic N) is 13. The molecule has 4 aromatic heterocycles. The second-order valence-corrected chi connectivity index (χ2v) is 37.2. The number of hydrogen-bond acceptors (Lipinski definition) is 12. The van der Waals surface area contributed by atoms with Gasteiger partial charge in [-0.05, 0) is 165 Å². The van der Waals surface area contributed by atoms with E-state index in [1.165, 1.54) is 29.1 Å². The molecular weight excluding hydrogens is 1830 g/mol. The van der Waals surface area contributed by atoms with Crippen molar-refractivity contribution in [3.8, 4) is 0 Å². The molecule has 1 aliphatic carbocycles. The van der Waals surface area contributed by atoms with Gasteiger partial charge in [-0.3, -0.25) is 54.2 Å². The third-order valence-corrected chi connectivity index (χ3v) is 27.3. The first kappa shape index (κ1) is 97.2. The first-order valence-corrected chi connectivity index (χ1v) is 44.8. The van der Waals surface area contributed by atoms with Crippen molar-refractivity contribution in [2.45, 2.75) is 211 Å². The van der Waals surface area contributed by atoms with Gasteiger partial charge >= 0.3 is 30.7 Å². The number of carbonyl (C=O) groups excluding carboxylic acids is 6. The molecule has 43 heteroatoms. The second-order valence-electron chi connectivity index (χ2n) is 37.2. The zero-order chi connectivity index (χ0) is 97.3. The molecule has 728 valence electrons. The molecule has 0 radical (unpaired) electrons. The van der Waals surface area contributed by atoms with E-state index in [-0.39, 0.29) is 198 Å². The van der Waals surface area contributed by atoms with Gasteiger partial charge in [0.15, 0.2) is 69.3 Å². The minimum absolute atomic E-state index is 0.0710. The summed E-state index contributed by atoms with van der Waals surface area (Å²) in [5.74, 6) is -17.6. The van der Waals surface area contributed by atoms with Crippen LogP contribution in [0.25, 0.3) is 0 Å². The molecule has 5 aromatic carbocycles. The van der Waals surface area contributed by atoms with Gasteiger partial charge in [-0.1, -0.05) is 69.7 Å². The van der Waals surface area contributed by atoms with Crippen molar-refractivity contribution < 1.29 is 117 Å². The monoisotopic (exact) mass is 1930 g/mol. The molecule has 0 bridgehead atoms. The molecule has 0 atom stereocenters. The molecule has 5 saturated heterocycles. The fourth-order valence-electron chi connectivity index (χ4n) is 20.2. The van der Waals surface area contributed by atoms with Gasteiger partial charge < -0.3 is 34.3 Å².